The Labute approximate surface area is 91.0 Å². The Kier molecular flexibility index (Phi) is 3.23. The van der Waals surface area contributed by atoms with E-state index in [2.05, 4.69) is 11.9 Å². The first-order valence-corrected chi connectivity index (χ1v) is 4.38. The predicted octanol–water partition coefficient (Wildman–Crippen LogP) is 3.35. The summed E-state index contributed by atoms with van der Waals surface area (Å²) in [6.07, 6.45) is -4.47. The van der Waals surface area contributed by atoms with Gasteiger partial charge < -0.3 is 5.32 Å². The average molecular weight is 226 g/mol. The van der Waals surface area contributed by atoms with Crippen LogP contribution in [-0.2, 0) is 0 Å². The van der Waals surface area contributed by atoms with Gasteiger partial charge in [0.05, 0.1) is 11.6 Å². The second-order valence-electron chi connectivity index (χ2n) is 3.24. The summed E-state index contributed by atoms with van der Waals surface area (Å²) in [7, 11) is 0. The highest BCUT2D eigenvalue weighted by Gasteiger charge is 2.32. The highest BCUT2D eigenvalue weighted by atomic mass is 19.4. The van der Waals surface area contributed by atoms with E-state index in [-0.39, 0.29) is 0 Å². The number of hydrogen-bond acceptors (Lipinski definition) is 2. The molecule has 0 aliphatic rings. The van der Waals surface area contributed by atoms with Crippen molar-refractivity contribution in [1.82, 2.24) is 0 Å². The van der Waals surface area contributed by atoms with Gasteiger partial charge in [-0.2, -0.15) is 18.4 Å². The van der Waals surface area contributed by atoms with E-state index in [0.717, 1.165) is 0 Å². The molecular weight excluding hydrogens is 217 g/mol. The third-order valence-electron chi connectivity index (χ3n) is 1.98. The number of rotatable bonds is 2. The fraction of sp³-hybridized carbons (Fsp3) is 0.182. The standard InChI is InChI=1S/C11H9F3N2/c1-7-5-9(6-15)3-4-10(7)16-8(2)11(12,13)14/h3-5,16H,2H2,1H3. The van der Waals surface area contributed by atoms with Crippen LogP contribution in [-0.4, -0.2) is 6.18 Å². The van der Waals surface area contributed by atoms with Crippen LogP contribution < -0.4 is 5.32 Å². The Bertz CT molecular complexity index is 455. The molecule has 0 aliphatic carbocycles. The van der Waals surface area contributed by atoms with Crippen molar-refractivity contribution in [2.45, 2.75) is 13.1 Å². The number of anilines is 1. The number of halogens is 3. The van der Waals surface area contributed by atoms with Gasteiger partial charge in [-0.05, 0) is 30.7 Å². The van der Waals surface area contributed by atoms with Gasteiger partial charge in [-0.1, -0.05) is 6.58 Å². The highest BCUT2D eigenvalue weighted by Crippen LogP contribution is 2.27. The fourth-order valence-corrected chi connectivity index (χ4v) is 1.11. The van der Waals surface area contributed by atoms with Crippen LogP contribution in [0.5, 0.6) is 0 Å². The zero-order valence-electron chi connectivity index (χ0n) is 8.52. The van der Waals surface area contributed by atoms with Gasteiger partial charge in [0.2, 0.25) is 0 Å². The molecular formula is C11H9F3N2. The Morgan fingerprint density at radius 3 is 2.50 bits per heavy atom. The van der Waals surface area contributed by atoms with E-state index < -0.39 is 11.9 Å². The number of alkyl halides is 3. The minimum atomic E-state index is -4.47. The van der Waals surface area contributed by atoms with Gasteiger partial charge in [0, 0.05) is 5.69 Å². The topological polar surface area (TPSA) is 35.8 Å². The predicted molar refractivity (Wildman–Crippen MR) is 54.7 cm³/mol. The minimum absolute atomic E-state index is 0.293. The van der Waals surface area contributed by atoms with Crippen LogP contribution in [0.2, 0.25) is 0 Å². The van der Waals surface area contributed by atoms with E-state index in [4.69, 9.17) is 5.26 Å². The molecule has 0 aliphatic heterocycles. The molecule has 0 aromatic heterocycles. The van der Waals surface area contributed by atoms with Gasteiger partial charge in [0.1, 0.15) is 5.70 Å². The van der Waals surface area contributed by atoms with Crippen molar-refractivity contribution in [2.24, 2.45) is 0 Å². The Morgan fingerprint density at radius 2 is 2.06 bits per heavy atom. The van der Waals surface area contributed by atoms with Crippen molar-refractivity contribution < 1.29 is 13.2 Å². The van der Waals surface area contributed by atoms with Crippen LogP contribution in [0.15, 0.2) is 30.5 Å². The van der Waals surface area contributed by atoms with Crippen LogP contribution in [0.3, 0.4) is 0 Å². The maximum Gasteiger partial charge on any atom is 0.430 e. The summed E-state index contributed by atoms with van der Waals surface area (Å²) >= 11 is 0. The molecule has 1 aromatic carbocycles. The smallest absolute Gasteiger partial charge is 0.352 e. The second-order valence-corrected chi connectivity index (χ2v) is 3.24. The number of nitrogens with one attached hydrogen (secondary N) is 1. The lowest BCUT2D eigenvalue weighted by molar-refractivity contribution is -0.0898. The lowest BCUT2D eigenvalue weighted by Crippen LogP contribution is -2.18. The van der Waals surface area contributed by atoms with Crippen LogP contribution in [0, 0.1) is 18.3 Å². The monoisotopic (exact) mass is 226 g/mol. The Hall–Kier alpha value is -1.96. The first-order valence-electron chi connectivity index (χ1n) is 4.38. The van der Waals surface area contributed by atoms with Crippen LogP contribution in [0.4, 0.5) is 18.9 Å². The molecule has 1 N–H and O–H groups in total. The summed E-state index contributed by atoms with van der Waals surface area (Å²) in [6, 6.07) is 6.28. The van der Waals surface area contributed by atoms with E-state index >= 15 is 0 Å². The van der Waals surface area contributed by atoms with E-state index in [0.29, 0.717) is 16.8 Å². The summed E-state index contributed by atoms with van der Waals surface area (Å²) in [5.74, 6) is 0. The summed E-state index contributed by atoms with van der Waals surface area (Å²) in [6.45, 7) is 4.52. The Morgan fingerprint density at radius 1 is 1.44 bits per heavy atom. The quantitative estimate of drug-likeness (QED) is 0.839. The highest BCUT2D eigenvalue weighted by molar-refractivity contribution is 5.57. The molecule has 0 fully saturated rings. The zero-order valence-corrected chi connectivity index (χ0v) is 8.52. The number of nitrogens with zero attached hydrogens (tertiary/aromatic N) is 1. The lowest BCUT2D eigenvalue weighted by Gasteiger charge is -2.14. The number of hydrogen-bond donors (Lipinski definition) is 1. The van der Waals surface area contributed by atoms with Crippen molar-refractivity contribution in [3.8, 4) is 6.07 Å². The van der Waals surface area contributed by atoms with E-state index in [1.165, 1.54) is 18.2 Å². The van der Waals surface area contributed by atoms with Crippen LogP contribution in [0.1, 0.15) is 11.1 Å². The van der Waals surface area contributed by atoms with Crippen molar-refractivity contribution in [3.63, 3.8) is 0 Å². The van der Waals surface area contributed by atoms with Crippen molar-refractivity contribution >= 4 is 5.69 Å². The normalized spacial score (nSPS) is 10.7. The third-order valence-corrected chi connectivity index (χ3v) is 1.98. The Balaban J connectivity index is 2.92. The number of nitriles is 1. The van der Waals surface area contributed by atoms with Gasteiger partial charge in [-0.15, -0.1) is 0 Å². The largest absolute Gasteiger partial charge is 0.430 e. The molecule has 0 amide bonds. The van der Waals surface area contributed by atoms with Gasteiger partial charge in [0.25, 0.3) is 0 Å². The van der Waals surface area contributed by atoms with E-state index in [1.807, 2.05) is 6.07 Å². The van der Waals surface area contributed by atoms with E-state index in [9.17, 15) is 13.2 Å². The average Bonchev–Trinajstić information content (AvgIpc) is 2.19. The minimum Gasteiger partial charge on any atom is -0.352 e. The third kappa shape index (κ3) is 2.76. The SMILES string of the molecule is C=C(Nc1ccc(C#N)cc1C)C(F)(F)F. The molecule has 0 unspecified atom stereocenters. The van der Waals surface area contributed by atoms with Gasteiger partial charge in [-0.3, -0.25) is 0 Å². The molecule has 0 spiro atoms. The lowest BCUT2D eigenvalue weighted by atomic mass is 10.1. The van der Waals surface area contributed by atoms with Gasteiger partial charge in [0.15, 0.2) is 0 Å². The van der Waals surface area contributed by atoms with Gasteiger partial charge in [-0.25, -0.2) is 0 Å². The number of allylic oxidation sites excluding steroid dienone is 1. The molecule has 1 rings (SSSR count). The summed E-state index contributed by atoms with van der Waals surface area (Å²) in [5.41, 5.74) is 0.228. The van der Waals surface area contributed by atoms with Crippen LogP contribution >= 0.6 is 0 Å². The second kappa shape index (κ2) is 4.27. The first kappa shape index (κ1) is 12.1. The molecule has 16 heavy (non-hydrogen) atoms. The summed E-state index contributed by atoms with van der Waals surface area (Å²) in [5, 5.41) is 10.8. The first-order chi connectivity index (χ1) is 7.34. The van der Waals surface area contributed by atoms with Gasteiger partial charge >= 0.3 is 6.18 Å². The van der Waals surface area contributed by atoms with Crippen molar-refractivity contribution in [1.29, 1.82) is 5.26 Å². The molecule has 0 heterocycles. The maximum absolute atomic E-state index is 12.2. The summed E-state index contributed by atoms with van der Waals surface area (Å²) in [4.78, 5) is 0. The number of aryl methyl sites for hydroxylation is 1. The van der Waals surface area contributed by atoms with Crippen molar-refractivity contribution in [2.75, 3.05) is 5.32 Å². The molecule has 0 saturated heterocycles. The van der Waals surface area contributed by atoms with Crippen molar-refractivity contribution in [3.05, 3.63) is 41.6 Å². The molecule has 84 valence electrons. The zero-order chi connectivity index (χ0) is 12.3. The molecule has 5 heteroatoms. The molecule has 0 saturated carbocycles. The molecule has 0 radical (unpaired) electrons. The summed E-state index contributed by atoms with van der Waals surface area (Å²) < 4.78 is 36.6. The fourth-order valence-electron chi connectivity index (χ4n) is 1.11. The maximum atomic E-state index is 12.2. The van der Waals surface area contributed by atoms with Crippen LogP contribution in [0.25, 0.3) is 0 Å². The van der Waals surface area contributed by atoms with E-state index in [1.54, 1.807) is 6.92 Å². The molecule has 1 aromatic rings. The number of benzene rings is 1. The molecule has 0 atom stereocenters. The molecule has 2 nitrogen and oxygen atoms in total. The molecule has 0 bridgehead atoms.